The summed E-state index contributed by atoms with van der Waals surface area (Å²) in [5.41, 5.74) is -1.16. The number of halogens is 5. The molecule has 0 bridgehead atoms. The molecule has 1 aliphatic heterocycles. The number of carbonyl (C=O) groups excluding carboxylic acids is 2. The van der Waals surface area contributed by atoms with Crippen molar-refractivity contribution in [1.29, 1.82) is 0 Å². The van der Waals surface area contributed by atoms with E-state index in [1.165, 1.54) is 37.4 Å². The standard InChI is InChI=1S/C25H18Cl2F3NO5/c1-12-6-7-18(36-12)20-19(21(32)16-9-15(26)10-17(27)23(16)35-2)22(33)24(34)31(20)11-13-4-3-5-14(8-13)25(28,29)30/h3-10,20,32H,11H2,1-2H3/b21-19+. The lowest BCUT2D eigenvalue weighted by atomic mass is 9.98. The number of ether oxygens (including phenoxy) is 1. The van der Waals surface area contributed by atoms with Crippen molar-refractivity contribution in [3.05, 3.63) is 92.4 Å². The zero-order chi connectivity index (χ0) is 26.4. The molecule has 1 unspecified atom stereocenters. The van der Waals surface area contributed by atoms with Crippen LogP contribution in [-0.4, -0.2) is 28.8 Å². The number of hydrogen-bond acceptors (Lipinski definition) is 5. The fourth-order valence-electron chi connectivity index (χ4n) is 4.07. The topological polar surface area (TPSA) is 80.0 Å². The summed E-state index contributed by atoms with van der Waals surface area (Å²) in [6, 6.07) is 8.96. The van der Waals surface area contributed by atoms with Crippen molar-refractivity contribution in [1.82, 2.24) is 4.90 Å². The molecule has 1 aliphatic rings. The van der Waals surface area contributed by atoms with Crippen molar-refractivity contribution in [3.63, 3.8) is 0 Å². The van der Waals surface area contributed by atoms with E-state index in [0.717, 1.165) is 17.0 Å². The van der Waals surface area contributed by atoms with E-state index in [-0.39, 0.29) is 44.8 Å². The number of aliphatic hydroxyl groups is 1. The molecule has 1 N–H and O–H groups in total. The number of alkyl halides is 3. The number of furan rings is 1. The molecule has 1 atom stereocenters. The average molecular weight is 540 g/mol. The van der Waals surface area contributed by atoms with Crippen LogP contribution in [0.25, 0.3) is 5.76 Å². The highest BCUT2D eigenvalue weighted by Crippen LogP contribution is 2.44. The van der Waals surface area contributed by atoms with Gasteiger partial charge in [-0.05, 0) is 48.9 Å². The summed E-state index contributed by atoms with van der Waals surface area (Å²) in [5, 5.41) is 11.4. The second-order valence-corrected chi connectivity index (χ2v) is 8.89. The molecule has 0 radical (unpaired) electrons. The first-order valence-electron chi connectivity index (χ1n) is 10.5. The molecular formula is C25H18Cl2F3NO5. The molecule has 2 aromatic carbocycles. The first kappa shape index (κ1) is 25.7. The quantitative estimate of drug-likeness (QED) is 0.226. The van der Waals surface area contributed by atoms with Crippen LogP contribution >= 0.6 is 23.2 Å². The van der Waals surface area contributed by atoms with E-state index < -0.39 is 35.2 Å². The number of aliphatic hydroxyl groups excluding tert-OH is 1. The second-order valence-electron chi connectivity index (χ2n) is 8.04. The fraction of sp³-hybridized carbons (Fsp3) is 0.200. The molecular weight excluding hydrogens is 522 g/mol. The third-order valence-electron chi connectivity index (χ3n) is 5.65. The Balaban J connectivity index is 1.89. The highest BCUT2D eigenvalue weighted by molar-refractivity contribution is 6.46. The average Bonchev–Trinajstić information content (AvgIpc) is 3.34. The van der Waals surface area contributed by atoms with Gasteiger partial charge in [0.15, 0.2) is 0 Å². The van der Waals surface area contributed by atoms with Crippen molar-refractivity contribution < 1.29 is 37.0 Å². The Morgan fingerprint density at radius 3 is 2.47 bits per heavy atom. The van der Waals surface area contributed by atoms with Gasteiger partial charge in [-0.3, -0.25) is 9.59 Å². The lowest BCUT2D eigenvalue weighted by Crippen LogP contribution is -2.29. The summed E-state index contributed by atoms with van der Waals surface area (Å²) in [5.74, 6) is -2.11. The number of Topliss-reactive ketones (excluding diaryl/α,β-unsaturated/α-hetero) is 1. The van der Waals surface area contributed by atoms with Crippen LogP contribution in [0.4, 0.5) is 13.2 Å². The fourth-order valence-corrected chi connectivity index (χ4v) is 4.64. The van der Waals surface area contributed by atoms with E-state index in [1.54, 1.807) is 13.0 Å². The molecule has 3 aromatic rings. The normalized spacial score (nSPS) is 17.6. The van der Waals surface area contributed by atoms with Crippen LogP contribution < -0.4 is 4.74 Å². The molecule has 1 aromatic heterocycles. The van der Waals surface area contributed by atoms with Crippen LogP contribution in [0.1, 0.15) is 34.3 Å². The molecule has 2 heterocycles. The molecule has 1 amide bonds. The van der Waals surface area contributed by atoms with Crippen LogP contribution in [-0.2, 0) is 22.3 Å². The van der Waals surface area contributed by atoms with Gasteiger partial charge >= 0.3 is 6.18 Å². The van der Waals surface area contributed by atoms with Gasteiger partial charge in [0.2, 0.25) is 0 Å². The van der Waals surface area contributed by atoms with Gasteiger partial charge in [-0.15, -0.1) is 0 Å². The Kier molecular flexibility index (Phi) is 6.81. The Hall–Kier alpha value is -3.43. The number of nitrogens with zero attached hydrogens (tertiary/aromatic N) is 1. The maximum Gasteiger partial charge on any atom is 0.416 e. The molecule has 1 fully saturated rings. The van der Waals surface area contributed by atoms with E-state index in [9.17, 15) is 27.9 Å². The van der Waals surface area contributed by atoms with Crippen molar-refractivity contribution in [2.75, 3.05) is 7.11 Å². The van der Waals surface area contributed by atoms with Crippen LogP contribution in [0.15, 0.2) is 58.5 Å². The molecule has 6 nitrogen and oxygen atoms in total. The third kappa shape index (κ3) is 4.68. The summed E-state index contributed by atoms with van der Waals surface area (Å²) in [7, 11) is 1.30. The summed E-state index contributed by atoms with van der Waals surface area (Å²) < 4.78 is 50.6. The van der Waals surface area contributed by atoms with E-state index in [4.69, 9.17) is 32.4 Å². The van der Waals surface area contributed by atoms with Gasteiger partial charge in [0.1, 0.15) is 29.1 Å². The Labute approximate surface area is 213 Å². The van der Waals surface area contributed by atoms with Crippen LogP contribution in [0.5, 0.6) is 5.75 Å². The van der Waals surface area contributed by atoms with Gasteiger partial charge in [-0.25, -0.2) is 0 Å². The largest absolute Gasteiger partial charge is 0.507 e. The number of benzene rings is 2. The van der Waals surface area contributed by atoms with Crippen LogP contribution in [0, 0.1) is 6.92 Å². The summed E-state index contributed by atoms with van der Waals surface area (Å²) in [4.78, 5) is 27.3. The number of carbonyl (C=O) groups is 2. The van der Waals surface area contributed by atoms with Gasteiger partial charge in [0.25, 0.3) is 11.7 Å². The molecule has 0 aliphatic carbocycles. The second kappa shape index (κ2) is 9.55. The van der Waals surface area contributed by atoms with E-state index in [0.29, 0.717) is 5.76 Å². The van der Waals surface area contributed by atoms with Gasteiger partial charge < -0.3 is 19.2 Å². The molecule has 4 rings (SSSR count). The van der Waals surface area contributed by atoms with Gasteiger partial charge in [0, 0.05) is 11.6 Å². The van der Waals surface area contributed by atoms with Gasteiger partial charge in [0.05, 0.1) is 28.8 Å². The summed E-state index contributed by atoms with van der Waals surface area (Å²) in [6.45, 7) is 1.28. The van der Waals surface area contributed by atoms with E-state index >= 15 is 0 Å². The monoisotopic (exact) mass is 539 g/mol. The van der Waals surface area contributed by atoms with Crippen LogP contribution in [0.2, 0.25) is 10.0 Å². The van der Waals surface area contributed by atoms with E-state index in [1.807, 2.05) is 0 Å². The SMILES string of the molecule is COc1c(Cl)cc(Cl)cc1/C(O)=C1\C(=O)C(=O)N(Cc2cccc(C(F)(F)F)c2)C1c1ccc(C)o1. The number of methoxy groups -OCH3 is 1. The highest BCUT2D eigenvalue weighted by atomic mass is 35.5. The van der Waals surface area contributed by atoms with Crippen molar-refractivity contribution in [3.8, 4) is 5.75 Å². The summed E-state index contributed by atoms with van der Waals surface area (Å²) >= 11 is 12.3. The van der Waals surface area contributed by atoms with Gasteiger partial charge in [-0.1, -0.05) is 35.3 Å². The minimum atomic E-state index is -4.59. The zero-order valence-corrected chi connectivity index (χ0v) is 20.3. The number of ketones is 1. The Bertz CT molecular complexity index is 1400. The molecule has 1 saturated heterocycles. The first-order valence-corrected chi connectivity index (χ1v) is 11.2. The van der Waals surface area contributed by atoms with Crippen LogP contribution in [0.3, 0.4) is 0 Å². The minimum Gasteiger partial charge on any atom is -0.507 e. The molecule has 11 heteroatoms. The Morgan fingerprint density at radius 1 is 1.14 bits per heavy atom. The van der Waals surface area contributed by atoms with Crippen molar-refractivity contribution in [2.45, 2.75) is 25.7 Å². The minimum absolute atomic E-state index is 0.0111. The predicted molar refractivity (Wildman–Crippen MR) is 126 cm³/mol. The zero-order valence-electron chi connectivity index (χ0n) is 18.8. The Morgan fingerprint density at radius 2 is 1.86 bits per heavy atom. The first-order chi connectivity index (χ1) is 16.9. The lowest BCUT2D eigenvalue weighted by molar-refractivity contribution is -0.140. The maximum absolute atomic E-state index is 13.2. The third-order valence-corrected chi connectivity index (χ3v) is 6.14. The summed E-state index contributed by atoms with van der Waals surface area (Å²) in [6.07, 6.45) is -4.59. The maximum atomic E-state index is 13.2. The number of rotatable bonds is 5. The van der Waals surface area contributed by atoms with Gasteiger partial charge in [-0.2, -0.15) is 13.2 Å². The van der Waals surface area contributed by atoms with Crippen molar-refractivity contribution in [2.24, 2.45) is 0 Å². The smallest absolute Gasteiger partial charge is 0.416 e. The van der Waals surface area contributed by atoms with Crippen molar-refractivity contribution >= 4 is 40.7 Å². The predicted octanol–water partition coefficient (Wildman–Crippen LogP) is 6.54. The lowest BCUT2D eigenvalue weighted by Gasteiger charge is -2.24. The molecule has 188 valence electrons. The van der Waals surface area contributed by atoms with E-state index in [2.05, 4.69) is 0 Å². The molecule has 0 spiro atoms. The number of likely N-dealkylation sites (tertiary alicyclic amines) is 1. The number of hydrogen-bond donors (Lipinski definition) is 1. The molecule has 36 heavy (non-hydrogen) atoms. The molecule has 0 saturated carbocycles. The highest BCUT2D eigenvalue weighted by Gasteiger charge is 2.48. The number of aryl methyl sites for hydroxylation is 1. The number of amides is 1.